The molecular formula is C21H26N2O3. The number of benzene rings is 2. The highest BCUT2D eigenvalue weighted by Gasteiger charge is 2.19. The van der Waals surface area contributed by atoms with Crippen LogP contribution in [-0.4, -0.2) is 37.1 Å². The zero-order valence-electron chi connectivity index (χ0n) is 15.6. The van der Waals surface area contributed by atoms with Gasteiger partial charge in [-0.2, -0.15) is 0 Å². The second kappa shape index (κ2) is 8.23. The van der Waals surface area contributed by atoms with Crippen molar-refractivity contribution in [2.45, 2.75) is 32.9 Å². The fourth-order valence-electron chi connectivity index (χ4n) is 2.88. The van der Waals surface area contributed by atoms with Crippen LogP contribution in [0.1, 0.15) is 25.0 Å². The van der Waals surface area contributed by atoms with E-state index in [1.807, 2.05) is 61.3 Å². The van der Waals surface area contributed by atoms with Gasteiger partial charge >= 0.3 is 0 Å². The molecule has 1 aliphatic rings. The predicted molar refractivity (Wildman–Crippen MR) is 103 cm³/mol. The summed E-state index contributed by atoms with van der Waals surface area (Å²) in [7, 11) is 1.95. The zero-order valence-corrected chi connectivity index (χ0v) is 15.6. The SMILES string of the molecule is CCc1ccc(NC(=O)C(C)N(C)Cc2ccc3c(c2)OCCO3)cc1. The van der Waals surface area contributed by atoms with E-state index in [9.17, 15) is 4.79 Å². The summed E-state index contributed by atoms with van der Waals surface area (Å²) >= 11 is 0. The molecule has 0 aliphatic carbocycles. The minimum absolute atomic E-state index is 0.0192. The molecule has 1 N–H and O–H groups in total. The minimum atomic E-state index is -0.256. The first-order valence-corrected chi connectivity index (χ1v) is 9.05. The topological polar surface area (TPSA) is 50.8 Å². The number of hydrogen-bond acceptors (Lipinski definition) is 4. The Hall–Kier alpha value is -2.53. The molecule has 1 heterocycles. The first-order valence-electron chi connectivity index (χ1n) is 9.05. The van der Waals surface area contributed by atoms with Gasteiger partial charge in [-0.05, 0) is 55.8 Å². The normalized spacial score (nSPS) is 14.2. The van der Waals surface area contributed by atoms with Gasteiger partial charge in [0.05, 0.1) is 6.04 Å². The summed E-state index contributed by atoms with van der Waals surface area (Å²) in [5.41, 5.74) is 3.17. The van der Waals surface area contributed by atoms with Crippen molar-refractivity contribution in [2.24, 2.45) is 0 Å². The van der Waals surface area contributed by atoms with Gasteiger partial charge in [0.2, 0.25) is 5.91 Å². The molecule has 0 aromatic heterocycles. The van der Waals surface area contributed by atoms with E-state index in [0.717, 1.165) is 29.2 Å². The number of hydrogen-bond donors (Lipinski definition) is 1. The van der Waals surface area contributed by atoms with Gasteiger partial charge < -0.3 is 14.8 Å². The van der Waals surface area contributed by atoms with Crippen molar-refractivity contribution in [3.63, 3.8) is 0 Å². The number of carbonyl (C=O) groups is 1. The van der Waals surface area contributed by atoms with Crippen molar-refractivity contribution in [3.05, 3.63) is 53.6 Å². The number of rotatable bonds is 6. The molecule has 2 aromatic carbocycles. The highest BCUT2D eigenvalue weighted by Crippen LogP contribution is 2.31. The molecule has 1 aliphatic heterocycles. The maximum Gasteiger partial charge on any atom is 0.241 e. The average molecular weight is 354 g/mol. The summed E-state index contributed by atoms with van der Waals surface area (Å²) in [6, 6.07) is 13.6. The van der Waals surface area contributed by atoms with Crippen molar-refractivity contribution in [1.29, 1.82) is 0 Å². The number of aryl methyl sites for hydroxylation is 1. The van der Waals surface area contributed by atoms with Crippen LogP contribution in [0.25, 0.3) is 0 Å². The predicted octanol–water partition coefficient (Wildman–Crippen LogP) is 3.48. The lowest BCUT2D eigenvalue weighted by atomic mass is 10.1. The third-order valence-corrected chi connectivity index (χ3v) is 4.71. The number of likely N-dealkylation sites (N-methyl/N-ethyl adjacent to an activating group) is 1. The summed E-state index contributed by atoms with van der Waals surface area (Å²) < 4.78 is 11.2. The monoisotopic (exact) mass is 354 g/mol. The molecule has 1 unspecified atom stereocenters. The Morgan fingerprint density at radius 1 is 1.08 bits per heavy atom. The first kappa shape index (κ1) is 18.3. The van der Waals surface area contributed by atoms with Crippen molar-refractivity contribution < 1.29 is 14.3 Å². The molecule has 0 saturated carbocycles. The number of fused-ring (bicyclic) bond motifs is 1. The van der Waals surface area contributed by atoms with Crippen LogP contribution in [0.4, 0.5) is 5.69 Å². The third-order valence-electron chi connectivity index (χ3n) is 4.71. The van der Waals surface area contributed by atoms with Gasteiger partial charge in [0.15, 0.2) is 11.5 Å². The Bertz CT molecular complexity index is 758. The lowest BCUT2D eigenvalue weighted by Crippen LogP contribution is -2.39. The number of nitrogens with zero attached hydrogens (tertiary/aromatic N) is 1. The van der Waals surface area contributed by atoms with Crippen LogP contribution in [0, 0.1) is 0 Å². The highest BCUT2D eigenvalue weighted by atomic mass is 16.6. The lowest BCUT2D eigenvalue weighted by Gasteiger charge is -2.25. The number of carbonyl (C=O) groups excluding carboxylic acids is 1. The van der Waals surface area contributed by atoms with E-state index in [-0.39, 0.29) is 11.9 Å². The molecular weight excluding hydrogens is 328 g/mol. The van der Waals surface area contributed by atoms with Crippen LogP contribution in [0.3, 0.4) is 0 Å². The number of ether oxygens (including phenoxy) is 2. The maximum absolute atomic E-state index is 12.5. The molecule has 5 nitrogen and oxygen atoms in total. The van der Waals surface area contributed by atoms with E-state index in [0.29, 0.717) is 19.8 Å². The fourth-order valence-corrected chi connectivity index (χ4v) is 2.88. The Labute approximate surface area is 154 Å². The zero-order chi connectivity index (χ0) is 18.5. The molecule has 1 amide bonds. The van der Waals surface area contributed by atoms with E-state index in [1.54, 1.807) is 0 Å². The highest BCUT2D eigenvalue weighted by molar-refractivity contribution is 5.94. The average Bonchev–Trinajstić information content (AvgIpc) is 2.67. The molecule has 1 atom stereocenters. The van der Waals surface area contributed by atoms with Gasteiger partial charge in [0.25, 0.3) is 0 Å². The second-order valence-electron chi connectivity index (χ2n) is 6.61. The molecule has 0 saturated heterocycles. The number of amides is 1. The van der Waals surface area contributed by atoms with Crippen LogP contribution in [-0.2, 0) is 17.8 Å². The van der Waals surface area contributed by atoms with E-state index in [4.69, 9.17) is 9.47 Å². The molecule has 0 fully saturated rings. The van der Waals surface area contributed by atoms with Gasteiger partial charge in [0.1, 0.15) is 13.2 Å². The molecule has 0 spiro atoms. The van der Waals surface area contributed by atoms with Crippen LogP contribution >= 0.6 is 0 Å². The Morgan fingerprint density at radius 3 is 2.42 bits per heavy atom. The summed E-state index contributed by atoms with van der Waals surface area (Å²) in [4.78, 5) is 14.5. The van der Waals surface area contributed by atoms with Gasteiger partial charge in [-0.3, -0.25) is 9.69 Å². The molecule has 0 radical (unpaired) electrons. The van der Waals surface area contributed by atoms with Gasteiger partial charge in [-0.1, -0.05) is 25.1 Å². The van der Waals surface area contributed by atoms with Gasteiger partial charge in [-0.15, -0.1) is 0 Å². The second-order valence-corrected chi connectivity index (χ2v) is 6.61. The molecule has 3 rings (SSSR count). The number of anilines is 1. The van der Waals surface area contributed by atoms with Crippen molar-refractivity contribution in [2.75, 3.05) is 25.6 Å². The van der Waals surface area contributed by atoms with Crippen molar-refractivity contribution >= 4 is 11.6 Å². The molecule has 2 aromatic rings. The lowest BCUT2D eigenvalue weighted by molar-refractivity contribution is -0.120. The van der Waals surface area contributed by atoms with Crippen molar-refractivity contribution in [1.82, 2.24) is 4.90 Å². The minimum Gasteiger partial charge on any atom is -0.486 e. The molecule has 5 heteroatoms. The van der Waals surface area contributed by atoms with E-state index in [2.05, 4.69) is 12.2 Å². The van der Waals surface area contributed by atoms with Gasteiger partial charge in [0, 0.05) is 12.2 Å². The standard InChI is InChI=1S/C21H26N2O3/c1-4-16-5-8-18(9-6-16)22-21(24)15(2)23(3)14-17-7-10-19-20(13-17)26-12-11-25-19/h5-10,13,15H,4,11-12,14H2,1-3H3,(H,22,24). The number of nitrogens with one attached hydrogen (secondary N) is 1. The van der Waals surface area contributed by atoms with Crippen LogP contribution in [0.15, 0.2) is 42.5 Å². The van der Waals surface area contributed by atoms with Gasteiger partial charge in [-0.25, -0.2) is 0 Å². The summed E-state index contributed by atoms with van der Waals surface area (Å²) in [6.07, 6.45) is 0.989. The van der Waals surface area contributed by atoms with Crippen LogP contribution < -0.4 is 14.8 Å². The maximum atomic E-state index is 12.5. The Balaban J connectivity index is 1.59. The molecule has 0 bridgehead atoms. The fraction of sp³-hybridized carbons (Fsp3) is 0.381. The molecule has 138 valence electrons. The summed E-state index contributed by atoms with van der Waals surface area (Å²) in [5.74, 6) is 1.54. The van der Waals surface area contributed by atoms with E-state index >= 15 is 0 Å². The van der Waals surface area contributed by atoms with E-state index in [1.165, 1.54) is 5.56 Å². The van der Waals surface area contributed by atoms with Crippen molar-refractivity contribution in [3.8, 4) is 11.5 Å². The van der Waals surface area contributed by atoms with E-state index < -0.39 is 0 Å². The summed E-state index contributed by atoms with van der Waals surface area (Å²) in [6.45, 7) is 5.83. The van der Waals surface area contributed by atoms with Crippen LogP contribution in [0.5, 0.6) is 11.5 Å². The largest absolute Gasteiger partial charge is 0.486 e. The Morgan fingerprint density at radius 2 is 1.73 bits per heavy atom. The third kappa shape index (κ3) is 4.35. The Kier molecular flexibility index (Phi) is 5.78. The summed E-state index contributed by atoms with van der Waals surface area (Å²) in [5, 5.41) is 2.98. The first-order chi connectivity index (χ1) is 12.6. The molecule has 26 heavy (non-hydrogen) atoms. The smallest absolute Gasteiger partial charge is 0.241 e. The van der Waals surface area contributed by atoms with Crippen LogP contribution in [0.2, 0.25) is 0 Å². The quantitative estimate of drug-likeness (QED) is 0.863.